The number of benzene rings is 1. The Bertz CT molecular complexity index is 932. The summed E-state index contributed by atoms with van der Waals surface area (Å²) in [7, 11) is 0. The second-order valence-electron chi connectivity index (χ2n) is 6.77. The molecule has 0 saturated carbocycles. The van der Waals surface area contributed by atoms with E-state index in [2.05, 4.69) is 33.9 Å². The fraction of sp³-hybridized carbons (Fsp3) is 0.286. The number of anilines is 1. The standard InChI is InChI=1S/C21H22N4O/c1-16-6-7-22-20(12-16)24-8-10-25(11-9-24)21(26)14-17-13-18-4-2-3-5-19(18)23-15-17/h2-7,12-13,15H,8-11,14H2,1H3. The maximum atomic E-state index is 12.7. The molecule has 5 nitrogen and oxygen atoms in total. The predicted octanol–water partition coefficient (Wildman–Crippen LogP) is 2.83. The molecule has 1 aliphatic heterocycles. The molecule has 0 unspecified atom stereocenters. The molecule has 132 valence electrons. The van der Waals surface area contributed by atoms with Gasteiger partial charge in [0.1, 0.15) is 5.82 Å². The monoisotopic (exact) mass is 346 g/mol. The number of para-hydroxylation sites is 1. The zero-order valence-corrected chi connectivity index (χ0v) is 14.9. The van der Waals surface area contributed by atoms with Crippen molar-refractivity contribution >= 4 is 22.6 Å². The van der Waals surface area contributed by atoms with Crippen LogP contribution < -0.4 is 4.90 Å². The Morgan fingerprint density at radius 2 is 1.85 bits per heavy atom. The van der Waals surface area contributed by atoms with Gasteiger partial charge in [0.15, 0.2) is 0 Å². The zero-order valence-electron chi connectivity index (χ0n) is 14.9. The van der Waals surface area contributed by atoms with Gasteiger partial charge in [0.05, 0.1) is 11.9 Å². The molecule has 1 amide bonds. The van der Waals surface area contributed by atoms with Crippen LogP contribution in [0.1, 0.15) is 11.1 Å². The van der Waals surface area contributed by atoms with Gasteiger partial charge >= 0.3 is 0 Å². The highest BCUT2D eigenvalue weighted by molar-refractivity contribution is 5.82. The summed E-state index contributed by atoms with van der Waals surface area (Å²) in [5.41, 5.74) is 3.14. The molecule has 5 heteroatoms. The highest BCUT2D eigenvalue weighted by Gasteiger charge is 2.22. The molecular weight excluding hydrogens is 324 g/mol. The molecule has 1 saturated heterocycles. The van der Waals surface area contributed by atoms with Crippen molar-refractivity contribution in [3.05, 3.63) is 66.0 Å². The van der Waals surface area contributed by atoms with E-state index in [1.165, 1.54) is 5.56 Å². The first kappa shape index (κ1) is 16.5. The number of carbonyl (C=O) groups excluding carboxylic acids is 1. The average molecular weight is 346 g/mol. The van der Waals surface area contributed by atoms with Crippen LogP contribution >= 0.6 is 0 Å². The topological polar surface area (TPSA) is 49.3 Å². The minimum absolute atomic E-state index is 0.166. The Hall–Kier alpha value is -2.95. The lowest BCUT2D eigenvalue weighted by atomic mass is 10.1. The third kappa shape index (κ3) is 3.52. The van der Waals surface area contributed by atoms with Crippen LogP contribution in [0.5, 0.6) is 0 Å². The van der Waals surface area contributed by atoms with Gasteiger partial charge in [-0.05, 0) is 42.3 Å². The van der Waals surface area contributed by atoms with Gasteiger partial charge in [0.2, 0.25) is 5.91 Å². The van der Waals surface area contributed by atoms with E-state index >= 15 is 0 Å². The first-order valence-corrected chi connectivity index (χ1v) is 8.98. The molecule has 1 aromatic carbocycles. The van der Waals surface area contributed by atoms with E-state index in [1.807, 2.05) is 47.6 Å². The van der Waals surface area contributed by atoms with Crippen LogP contribution in [0.25, 0.3) is 10.9 Å². The number of piperazine rings is 1. The van der Waals surface area contributed by atoms with Crippen molar-refractivity contribution in [1.29, 1.82) is 0 Å². The van der Waals surface area contributed by atoms with Crippen LogP contribution in [0.2, 0.25) is 0 Å². The lowest BCUT2D eigenvalue weighted by Gasteiger charge is -2.35. The first-order chi connectivity index (χ1) is 12.7. The first-order valence-electron chi connectivity index (χ1n) is 8.98. The maximum absolute atomic E-state index is 12.7. The van der Waals surface area contributed by atoms with Crippen molar-refractivity contribution in [2.24, 2.45) is 0 Å². The van der Waals surface area contributed by atoms with Gasteiger partial charge in [-0.15, -0.1) is 0 Å². The molecule has 1 aliphatic rings. The third-order valence-corrected chi connectivity index (χ3v) is 4.86. The Morgan fingerprint density at radius 1 is 1.04 bits per heavy atom. The Balaban J connectivity index is 1.38. The van der Waals surface area contributed by atoms with Crippen LogP contribution in [0.4, 0.5) is 5.82 Å². The summed E-state index contributed by atoms with van der Waals surface area (Å²) in [5, 5.41) is 1.08. The van der Waals surface area contributed by atoms with Crippen LogP contribution in [0, 0.1) is 6.92 Å². The fourth-order valence-electron chi connectivity index (χ4n) is 3.38. The summed E-state index contributed by atoms with van der Waals surface area (Å²) >= 11 is 0. The molecule has 1 fully saturated rings. The number of carbonyl (C=O) groups is 1. The smallest absolute Gasteiger partial charge is 0.227 e. The Kier molecular flexibility index (Phi) is 4.52. The van der Waals surface area contributed by atoms with E-state index in [9.17, 15) is 4.79 Å². The number of nitrogens with zero attached hydrogens (tertiary/aromatic N) is 4. The molecule has 2 aromatic heterocycles. The lowest BCUT2D eigenvalue weighted by molar-refractivity contribution is -0.130. The molecule has 0 bridgehead atoms. The minimum atomic E-state index is 0.166. The molecule has 0 aliphatic carbocycles. The van der Waals surface area contributed by atoms with Gasteiger partial charge in [0, 0.05) is 44.0 Å². The van der Waals surface area contributed by atoms with Crippen molar-refractivity contribution in [1.82, 2.24) is 14.9 Å². The van der Waals surface area contributed by atoms with Crippen molar-refractivity contribution in [3.63, 3.8) is 0 Å². The summed E-state index contributed by atoms with van der Waals surface area (Å²) in [6.45, 7) is 5.17. The van der Waals surface area contributed by atoms with Crippen molar-refractivity contribution in [2.45, 2.75) is 13.3 Å². The molecule has 3 heterocycles. The van der Waals surface area contributed by atoms with Crippen molar-refractivity contribution < 1.29 is 4.79 Å². The molecule has 26 heavy (non-hydrogen) atoms. The SMILES string of the molecule is Cc1ccnc(N2CCN(C(=O)Cc3cnc4ccccc4c3)CC2)c1. The van der Waals surface area contributed by atoms with Crippen LogP contribution in [0.15, 0.2) is 54.9 Å². The molecule has 0 atom stereocenters. The van der Waals surface area contributed by atoms with Gasteiger partial charge in [0.25, 0.3) is 0 Å². The molecule has 0 spiro atoms. The van der Waals surface area contributed by atoms with Crippen molar-refractivity contribution in [2.75, 3.05) is 31.1 Å². The number of aryl methyl sites for hydroxylation is 1. The van der Waals surface area contributed by atoms with Crippen LogP contribution in [-0.4, -0.2) is 47.0 Å². The van der Waals surface area contributed by atoms with E-state index < -0.39 is 0 Å². The average Bonchev–Trinajstić information content (AvgIpc) is 2.68. The number of rotatable bonds is 3. The fourth-order valence-corrected chi connectivity index (χ4v) is 3.38. The number of fused-ring (bicyclic) bond motifs is 1. The quantitative estimate of drug-likeness (QED) is 0.732. The molecule has 4 rings (SSSR count). The Morgan fingerprint density at radius 3 is 2.65 bits per heavy atom. The van der Waals surface area contributed by atoms with Gasteiger partial charge in [-0.25, -0.2) is 4.98 Å². The van der Waals surface area contributed by atoms with Gasteiger partial charge in [-0.2, -0.15) is 0 Å². The number of hydrogen-bond donors (Lipinski definition) is 0. The number of amides is 1. The van der Waals surface area contributed by atoms with Gasteiger partial charge in [-0.1, -0.05) is 18.2 Å². The largest absolute Gasteiger partial charge is 0.353 e. The van der Waals surface area contributed by atoms with E-state index in [1.54, 1.807) is 0 Å². The highest BCUT2D eigenvalue weighted by Crippen LogP contribution is 2.17. The predicted molar refractivity (Wildman–Crippen MR) is 103 cm³/mol. The molecule has 3 aromatic rings. The Labute approximate surface area is 153 Å². The number of aromatic nitrogens is 2. The van der Waals surface area contributed by atoms with Crippen LogP contribution in [-0.2, 0) is 11.2 Å². The van der Waals surface area contributed by atoms with E-state index in [4.69, 9.17) is 0 Å². The number of pyridine rings is 2. The normalized spacial score (nSPS) is 14.7. The minimum Gasteiger partial charge on any atom is -0.353 e. The maximum Gasteiger partial charge on any atom is 0.227 e. The van der Waals surface area contributed by atoms with Gasteiger partial charge in [-0.3, -0.25) is 9.78 Å². The van der Waals surface area contributed by atoms with Crippen molar-refractivity contribution in [3.8, 4) is 0 Å². The van der Waals surface area contributed by atoms with Crippen LogP contribution in [0.3, 0.4) is 0 Å². The van der Waals surface area contributed by atoms with E-state index in [-0.39, 0.29) is 5.91 Å². The van der Waals surface area contributed by atoms with E-state index in [0.29, 0.717) is 6.42 Å². The highest BCUT2D eigenvalue weighted by atomic mass is 16.2. The summed E-state index contributed by atoms with van der Waals surface area (Å²) in [4.78, 5) is 25.8. The second-order valence-corrected chi connectivity index (χ2v) is 6.77. The summed E-state index contributed by atoms with van der Waals surface area (Å²) in [5.74, 6) is 1.16. The molecular formula is C21H22N4O. The number of hydrogen-bond acceptors (Lipinski definition) is 4. The summed E-state index contributed by atoms with van der Waals surface area (Å²) in [6, 6.07) is 14.1. The third-order valence-electron chi connectivity index (χ3n) is 4.86. The lowest BCUT2D eigenvalue weighted by Crippen LogP contribution is -2.49. The molecule has 0 radical (unpaired) electrons. The second kappa shape index (κ2) is 7.12. The summed E-state index contributed by atoms with van der Waals surface area (Å²) in [6.07, 6.45) is 4.06. The summed E-state index contributed by atoms with van der Waals surface area (Å²) < 4.78 is 0. The molecule has 0 N–H and O–H groups in total. The zero-order chi connectivity index (χ0) is 17.9. The van der Waals surface area contributed by atoms with E-state index in [0.717, 1.165) is 48.5 Å². The van der Waals surface area contributed by atoms with Gasteiger partial charge < -0.3 is 9.80 Å².